The number of esters is 1. The van der Waals surface area contributed by atoms with Crippen LogP contribution in [0.1, 0.15) is 19.4 Å². The van der Waals surface area contributed by atoms with Crippen LogP contribution < -0.4 is 4.74 Å². The van der Waals surface area contributed by atoms with E-state index in [1.165, 1.54) is 13.0 Å². The molecule has 0 radical (unpaired) electrons. The summed E-state index contributed by atoms with van der Waals surface area (Å²) in [5, 5.41) is 8.19. The van der Waals surface area contributed by atoms with E-state index < -0.39 is 35.7 Å². The van der Waals surface area contributed by atoms with Crippen LogP contribution in [0.3, 0.4) is 0 Å². The number of imide groups is 1. The number of aliphatic carboxylic acids is 1. The predicted molar refractivity (Wildman–Crippen MR) is 114 cm³/mol. The largest absolute Gasteiger partial charge is 0.480 e. The summed E-state index contributed by atoms with van der Waals surface area (Å²) in [6.07, 6.45) is 1.52. The molecule has 150 valence electrons. The van der Waals surface area contributed by atoms with Crippen molar-refractivity contribution in [2.24, 2.45) is 0 Å². The van der Waals surface area contributed by atoms with Crippen LogP contribution in [0, 0.1) is 3.57 Å². The van der Waals surface area contributed by atoms with Crippen molar-refractivity contribution in [2.45, 2.75) is 19.9 Å². The Morgan fingerprint density at radius 2 is 2.07 bits per heavy atom. The number of rotatable bonds is 7. The highest BCUT2D eigenvalue weighted by Crippen LogP contribution is 2.36. The standard InChI is InChI=1S/C17H15BrINO7S/c1-3-26-16(24)8(2)20-15(23)12(28-17(20)25)6-9-4-10(18)14(11(19)5-9)27-7-13(21)22/h4-6,8H,3,7H2,1-2H3,(H,21,22)/b12-6+/t8-/m1/s1. The third-order valence-corrected chi connectivity index (χ3v) is 5.77. The smallest absolute Gasteiger partial charge is 0.341 e. The molecule has 11 heteroatoms. The number of benzene rings is 1. The Morgan fingerprint density at radius 3 is 2.64 bits per heavy atom. The van der Waals surface area contributed by atoms with E-state index in [-0.39, 0.29) is 11.5 Å². The third kappa shape index (κ3) is 5.26. The lowest BCUT2D eigenvalue weighted by Gasteiger charge is -2.19. The summed E-state index contributed by atoms with van der Waals surface area (Å²) in [4.78, 5) is 48.4. The molecular formula is C17H15BrINO7S. The fraction of sp³-hybridized carbons (Fsp3) is 0.294. The van der Waals surface area contributed by atoms with Crippen LogP contribution in [0.15, 0.2) is 21.5 Å². The van der Waals surface area contributed by atoms with Crippen molar-refractivity contribution in [2.75, 3.05) is 13.2 Å². The molecule has 0 unspecified atom stereocenters. The number of nitrogens with zero attached hydrogens (tertiary/aromatic N) is 1. The molecule has 1 fully saturated rings. The molecule has 1 aliphatic rings. The minimum absolute atomic E-state index is 0.151. The van der Waals surface area contributed by atoms with E-state index in [1.807, 2.05) is 22.6 Å². The molecule has 0 bridgehead atoms. The second kappa shape index (κ2) is 9.74. The van der Waals surface area contributed by atoms with Crippen molar-refractivity contribution in [3.05, 3.63) is 30.6 Å². The quantitative estimate of drug-likeness (QED) is 0.295. The first-order valence-corrected chi connectivity index (χ1v) is 10.6. The van der Waals surface area contributed by atoms with Crippen molar-refractivity contribution in [3.8, 4) is 5.75 Å². The number of carboxylic acid groups (broad SMARTS) is 1. The first kappa shape index (κ1) is 22.7. The molecule has 1 N–H and O–H groups in total. The molecule has 2 rings (SSSR count). The molecule has 0 aliphatic carbocycles. The Kier molecular flexibility index (Phi) is 7.89. The molecular weight excluding hydrogens is 569 g/mol. The van der Waals surface area contributed by atoms with Crippen LogP contribution in [0.2, 0.25) is 0 Å². The van der Waals surface area contributed by atoms with Gasteiger partial charge in [-0.2, -0.15) is 0 Å². The van der Waals surface area contributed by atoms with Gasteiger partial charge in [0, 0.05) is 0 Å². The van der Waals surface area contributed by atoms with Gasteiger partial charge in [0.25, 0.3) is 11.1 Å². The Bertz CT molecular complexity index is 850. The lowest BCUT2D eigenvalue weighted by Crippen LogP contribution is -2.42. The van der Waals surface area contributed by atoms with Gasteiger partial charge in [-0.25, -0.2) is 9.59 Å². The highest BCUT2D eigenvalue weighted by atomic mass is 127. The van der Waals surface area contributed by atoms with Crippen molar-refractivity contribution in [1.82, 2.24) is 4.90 Å². The Morgan fingerprint density at radius 1 is 1.39 bits per heavy atom. The molecule has 0 aromatic heterocycles. The topological polar surface area (TPSA) is 110 Å². The molecule has 2 amide bonds. The second-order valence-corrected chi connectivity index (χ2v) is 8.49. The summed E-state index contributed by atoms with van der Waals surface area (Å²) < 4.78 is 11.2. The summed E-state index contributed by atoms with van der Waals surface area (Å²) in [7, 11) is 0. The van der Waals surface area contributed by atoms with Gasteiger partial charge in [0.2, 0.25) is 0 Å². The summed E-state index contributed by atoms with van der Waals surface area (Å²) >= 11 is 6.03. The van der Waals surface area contributed by atoms with E-state index in [4.69, 9.17) is 14.6 Å². The van der Waals surface area contributed by atoms with Gasteiger partial charge in [0.1, 0.15) is 11.8 Å². The van der Waals surface area contributed by atoms with E-state index in [1.54, 1.807) is 19.1 Å². The van der Waals surface area contributed by atoms with Gasteiger partial charge in [0.15, 0.2) is 6.61 Å². The Hall–Kier alpha value is -1.60. The van der Waals surface area contributed by atoms with Crippen LogP contribution in [0.25, 0.3) is 6.08 Å². The fourth-order valence-electron chi connectivity index (χ4n) is 2.27. The number of carboxylic acids is 1. The van der Waals surface area contributed by atoms with Gasteiger partial charge in [0.05, 0.1) is 19.6 Å². The monoisotopic (exact) mass is 583 g/mol. The molecule has 1 aromatic carbocycles. The maximum Gasteiger partial charge on any atom is 0.341 e. The van der Waals surface area contributed by atoms with E-state index in [2.05, 4.69) is 15.9 Å². The Balaban J connectivity index is 2.26. The summed E-state index contributed by atoms with van der Waals surface area (Å²) in [6, 6.07) is 2.31. The minimum atomic E-state index is -1.10. The molecule has 8 nitrogen and oxygen atoms in total. The van der Waals surface area contributed by atoms with Gasteiger partial charge in [-0.15, -0.1) is 0 Å². The van der Waals surface area contributed by atoms with Gasteiger partial charge in [-0.3, -0.25) is 14.5 Å². The number of ether oxygens (including phenoxy) is 2. The number of halogens is 2. The molecule has 1 aromatic rings. The first-order chi connectivity index (χ1) is 13.1. The lowest BCUT2D eigenvalue weighted by atomic mass is 10.2. The molecule has 1 atom stereocenters. The minimum Gasteiger partial charge on any atom is -0.480 e. The zero-order chi connectivity index (χ0) is 21.0. The maximum absolute atomic E-state index is 12.6. The van der Waals surface area contributed by atoms with Gasteiger partial charge >= 0.3 is 11.9 Å². The van der Waals surface area contributed by atoms with E-state index >= 15 is 0 Å². The van der Waals surface area contributed by atoms with Crippen molar-refractivity contribution < 1.29 is 33.8 Å². The predicted octanol–water partition coefficient (Wildman–Crippen LogP) is 3.51. The normalized spacial score (nSPS) is 16.4. The summed E-state index contributed by atoms with van der Waals surface area (Å²) in [6.45, 7) is 2.74. The molecule has 1 heterocycles. The average Bonchev–Trinajstić information content (AvgIpc) is 2.87. The zero-order valence-corrected chi connectivity index (χ0v) is 19.3. The fourth-order valence-corrected chi connectivity index (χ4v) is 4.94. The van der Waals surface area contributed by atoms with Gasteiger partial charge in [-0.1, -0.05) is 0 Å². The molecule has 28 heavy (non-hydrogen) atoms. The lowest BCUT2D eigenvalue weighted by molar-refractivity contribution is -0.150. The van der Waals surface area contributed by atoms with Crippen LogP contribution in [-0.4, -0.2) is 52.3 Å². The molecule has 1 aliphatic heterocycles. The Labute approximate surface area is 186 Å². The first-order valence-electron chi connectivity index (χ1n) is 7.93. The summed E-state index contributed by atoms with van der Waals surface area (Å²) in [5.74, 6) is -1.96. The average molecular weight is 584 g/mol. The van der Waals surface area contributed by atoms with Crippen molar-refractivity contribution >= 4 is 79.4 Å². The van der Waals surface area contributed by atoms with E-state index in [0.29, 0.717) is 19.4 Å². The van der Waals surface area contributed by atoms with Crippen LogP contribution in [0.4, 0.5) is 4.79 Å². The number of carbonyl (C=O) groups is 4. The highest BCUT2D eigenvalue weighted by Gasteiger charge is 2.41. The SMILES string of the molecule is CCOC(=O)[C@@H](C)N1C(=O)S/C(=C/c2cc(Br)c(OCC(=O)O)c(I)c2)C1=O. The maximum atomic E-state index is 12.6. The second-order valence-electron chi connectivity index (χ2n) is 5.48. The number of amides is 2. The highest BCUT2D eigenvalue weighted by molar-refractivity contribution is 14.1. The van der Waals surface area contributed by atoms with Crippen molar-refractivity contribution in [1.29, 1.82) is 0 Å². The van der Waals surface area contributed by atoms with Crippen LogP contribution in [-0.2, 0) is 19.1 Å². The third-order valence-electron chi connectivity index (χ3n) is 3.50. The zero-order valence-electron chi connectivity index (χ0n) is 14.7. The van der Waals surface area contributed by atoms with E-state index in [0.717, 1.165) is 16.7 Å². The number of thioether (sulfide) groups is 1. The van der Waals surface area contributed by atoms with Crippen LogP contribution >= 0.6 is 50.3 Å². The van der Waals surface area contributed by atoms with Crippen molar-refractivity contribution in [3.63, 3.8) is 0 Å². The molecule has 1 saturated heterocycles. The van der Waals surface area contributed by atoms with Gasteiger partial charge in [-0.05, 0) is 87.9 Å². The number of hydrogen-bond donors (Lipinski definition) is 1. The molecule has 0 spiro atoms. The van der Waals surface area contributed by atoms with E-state index in [9.17, 15) is 19.2 Å². The number of hydrogen-bond acceptors (Lipinski definition) is 7. The summed E-state index contributed by atoms with van der Waals surface area (Å²) in [5.41, 5.74) is 0.605. The molecule has 0 saturated carbocycles. The van der Waals surface area contributed by atoms with Gasteiger partial charge < -0.3 is 14.6 Å². The van der Waals surface area contributed by atoms with Crippen LogP contribution in [0.5, 0.6) is 5.75 Å². The number of carbonyl (C=O) groups excluding carboxylic acids is 3.